The predicted octanol–water partition coefficient (Wildman–Crippen LogP) is 11.0. The molecule has 0 unspecified atom stereocenters. The van der Waals surface area contributed by atoms with Crippen molar-refractivity contribution >= 4 is 0 Å². The van der Waals surface area contributed by atoms with Gasteiger partial charge in [-0.2, -0.15) is 17.6 Å². The molecule has 0 atom stereocenters. The number of hydrogen-bond donors (Lipinski definition) is 0. The molecular weight excluding hydrogens is 587 g/mol. The van der Waals surface area contributed by atoms with E-state index in [1.54, 1.807) is 0 Å². The van der Waals surface area contributed by atoms with Crippen LogP contribution in [-0.2, 0) is 4.74 Å². The average molecular weight is 627 g/mol. The van der Waals surface area contributed by atoms with E-state index in [0.717, 1.165) is 25.7 Å². The summed E-state index contributed by atoms with van der Waals surface area (Å²) < 4.78 is 139. The minimum Gasteiger partial charge on any atom is -0.432 e. The summed E-state index contributed by atoms with van der Waals surface area (Å²) in [6, 6.07) is 0.626. The Morgan fingerprint density at radius 2 is 1.19 bits per heavy atom. The lowest BCUT2D eigenvalue weighted by Crippen LogP contribution is -2.39. The number of ether oxygens (including phenoxy) is 2. The third kappa shape index (κ3) is 8.51. The summed E-state index contributed by atoms with van der Waals surface area (Å²) >= 11 is 0. The molecule has 11 heteroatoms. The third-order valence-corrected chi connectivity index (χ3v) is 9.46. The Labute approximate surface area is 246 Å². The first-order valence-corrected chi connectivity index (χ1v) is 15.2. The van der Waals surface area contributed by atoms with E-state index < -0.39 is 76.8 Å². The summed E-state index contributed by atoms with van der Waals surface area (Å²) in [5.41, 5.74) is 0. The molecule has 3 saturated carbocycles. The van der Waals surface area contributed by atoms with Crippen molar-refractivity contribution in [3.05, 3.63) is 53.9 Å². The molecule has 242 valence electrons. The smallest absolute Gasteiger partial charge is 0.400 e. The number of hydrogen-bond acceptors (Lipinski definition) is 2. The predicted molar refractivity (Wildman–Crippen MR) is 143 cm³/mol. The molecule has 0 amide bonds. The molecule has 0 aromatic heterocycles. The molecule has 43 heavy (non-hydrogen) atoms. The summed E-state index contributed by atoms with van der Waals surface area (Å²) in [5, 5.41) is 0. The molecular formula is C32H39F9O2. The number of alkyl halides is 4. The lowest BCUT2D eigenvalue weighted by Gasteiger charge is -2.37. The van der Waals surface area contributed by atoms with Gasteiger partial charge in [-0.3, -0.25) is 0 Å². The fourth-order valence-electron chi connectivity index (χ4n) is 6.80. The third-order valence-electron chi connectivity index (χ3n) is 9.46. The van der Waals surface area contributed by atoms with E-state index in [4.69, 9.17) is 4.74 Å². The van der Waals surface area contributed by atoms with Gasteiger partial charge in [0.15, 0.2) is 17.5 Å². The molecule has 0 N–H and O–H groups in total. The van der Waals surface area contributed by atoms with Gasteiger partial charge in [0.2, 0.25) is 0 Å². The minimum atomic E-state index is -3.87. The second-order valence-electron chi connectivity index (χ2n) is 12.3. The van der Waals surface area contributed by atoms with Crippen molar-refractivity contribution in [3.8, 4) is 5.75 Å². The van der Waals surface area contributed by atoms with Crippen LogP contribution in [0, 0.1) is 47.0 Å². The molecule has 0 saturated heterocycles. The number of benzene rings is 1. The lowest BCUT2D eigenvalue weighted by molar-refractivity contribution is -0.301. The zero-order chi connectivity index (χ0) is 31.4. The van der Waals surface area contributed by atoms with Gasteiger partial charge < -0.3 is 9.47 Å². The van der Waals surface area contributed by atoms with Gasteiger partial charge in [0.1, 0.15) is 17.4 Å². The summed E-state index contributed by atoms with van der Waals surface area (Å²) in [6.45, 7) is 3.70. The van der Waals surface area contributed by atoms with Gasteiger partial charge in [0.05, 0.1) is 17.9 Å². The second kappa shape index (κ2) is 14.3. The van der Waals surface area contributed by atoms with Crippen molar-refractivity contribution in [1.29, 1.82) is 0 Å². The maximum atomic E-state index is 15.1. The average Bonchev–Trinajstić information content (AvgIpc) is 2.98. The van der Waals surface area contributed by atoms with Crippen LogP contribution in [0.2, 0.25) is 0 Å². The number of allylic oxidation sites excluding steroid dienone is 3. The molecule has 0 aliphatic heterocycles. The number of halogens is 9. The molecule has 3 aliphatic rings. The molecule has 4 rings (SSSR count). The van der Waals surface area contributed by atoms with Crippen LogP contribution in [0.5, 0.6) is 5.75 Å². The molecule has 3 aliphatic carbocycles. The van der Waals surface area contributed by atoms with Crippen LogP contribution < -0.4 is 4.74 Å². The Balaban J connectivity index is 1.24. The highest BCUT2D eigenvalue weighted by Crippen LogP contribution is 2.46. The van der Waals surface area contributed by atoms with Crippen LogP contribution in [0.1, 0.15) is 89.9 Å². The van der Waals surface area contributed by atoms with Gasteiger partial charge in [-0.15, -0.1) is 6.58 Å². The van der Waals surface area contributed by atoms with Crippen LogP contribution in [0.15, 0.2) is 36.4 Å². The van der Waals surface area contributed by atoms with E-state index in [-0.39, 0.29) is 51.4 Å². The van der Waals surface area contributed by atoms with E-state index in [0.29, 0.717) is 30.9 Å². The maximum absolute atomic E-state index is 15.1. The van der Waals surface area contributed by atoms with E-state index in [1.807, 2.05) is 6.08 Å². The Morgan fingerprint density at radius 1 is 0.721 bits per heavy atom. The normalized spacial score (nSPS) is 29.6. The van der Waals surface area contributed by atoms with Gasteiger partial charge >= 0.3 is 12.2 Å². The van der Waals surface area contributed by atoms with Gasteiger partial charge in [-0.05, 0) is 95.8 Å². The van der Waals surface area contributed by atoms with Gasteiger partial charge in [0, 0.05) is 24.0 Å². The molecule has 0 radical (unpaired) electrons. The minimum absolute atomic E-state index is 0.102. The molecule has 0 bridgehead atoms. The highest BCUT2D eigenvalue weighted by molar-refractivity contribution is 5.25. The van der Waals surface area contributed by atoms with E-state index in [2.05, 4.69) is 11.3 Å². The quantitative estimate of drug-likeness (QED) is 0.138. The maximum Gasteiger partial charge on any atom is 0.400 e. The molecule has 1 aromatic rings. The Hall–Kier alpha value is -2.17. The van der Waals surface area contributed by atoms with E-state index in [9.17, 15) is 30.7 Å². The SMILES string of the molecule is C=CCCC1CCC(C(F)(F)OC2CCC(/C(F)=C(\F)C3CCC(C(F)(F)Oc4cc(F)c(F)c(F)c4)CC3)CC2)CC1. The highest BCUT2D eigenvalue weighted by Gasteiger charge is 2.47. The van der Waals surface area contributed by atoms with Crippen molar-refractivity contribution < 1.29 is 49.0 Å². The molecule has 0 spiro atoms. The van der Waals surface area contributed by atoms with Crippen LogP contribution >= 0.6 is 0 Å². The Kier molecular flexibility index (Phi) is 11.2. The van der Waals surface area contributed by atoms with Crippen molar-refractivity contribution in [3.63, 3.8) is 0 Å². The number of rotatable bonds is 11. The summed E-state index contributed by atoms with van der Waals surface area (Å²) in [6.07, 6.45) is -2.10. The van der Waals surface area contributed by atoms with Crippen molar-refractivity contribution in [2.45, 2.75) is 108 Å². The fraction of sp³-hybridized carbons (Fsp3) is 0.688. The largest absolute Gasteiger partial charge is 0.432 e. The lowest BCUT2D eigenvalue weighted by atomic mass is 9.78. The molecule has 1 aromatic carbocycles. The van der Waals surface area contributed by atoms with Crippen LogP contribution in [-0.4, -0.2) is 18.3 Å². The zero-order valence-corrected chi connectivity index (χ0v) is 24.0. The first-order chi connectivity index (χ1) is 20.3. The van der Waals surface area contributed by atoms with Crippen LogP contribution in [0.4, 0.5) is 39.5 Å². The summed E-state index contributed by atoms with van der Waals surface area (Å²) in [5.74, 6) is -11.6. The van der Waals surface area contributed by atoms with Gasteiger partial charge in [-0.1, -0.05) is 6.08 Å². The highest BCUT2D eigenvalue weighted by atomic mass is 19.3. The second-order valence-corrected chi connectivity index (χ2v) is 12.3. The van der Waals surface area contributed by atoms with Crippen molar-refractivity contribution in [1.82, 2.24) is 0 Å². The van der Waals surface area contributed by atoms with Gasteiger partial charge in [-0.25, -0.2) is 22.0 Å². The van der Waals surface area contributed by atoms with Crippen molar-refractivity contribution in [2.75, 3.05) is 0 Å². The standard InChI is InChI=1S/C32H39F9O2/c1-2-3-4-19-5-11-22(12-6-19)31(38,39)42-24-15-9-21(10-16-24)29(36)28(35)20-7-13-23(14-8-20)32(40,41)43-25-17-26(33)30(37)27(34)18-25/h2,17-24H,1,3-16H2/b29-28+. The molecule has 0 heterocycles. The van der Waals surface area contributed by atoms with E-state index in [1.165, 1.54) is 0 Å². The topological polar surface area (TPSA) is 18.5 Å². The molecule has 3 fully saturated rings. The Bertz CT molecular complexity index is 1090. The first kappa shape index (κ1) is 33.7. The molecule has 2 nitrogen and oxygen atoms in total. The Morgan fingerprint density at radius 3 is 1.70 bits per heavy atom. The summed E-state index contributed by atoms with van der Waals surface area (Å²) in [4.78, 5) is 0. The first-order valence-electron chi connectivity index (χ1n) is 15.2. The van der Waals surface area contributed by atoms with E-state index >= 15 is 8.78 Å². The zero-order valence-electron chi connectivity index (χ0n) is 24.0. The summed E-state index contributed by atoms with van der Waals surface area (Å²) in [7, 11) is 0. The monoisotopic (exact) mass is 626 g/mol. The fourth-order valence-corrected chi connectivity index (χ4v) is 6.80. The van der Waals surface area contributed by atoms with Crippen LogP contribution in [0.25, 0.3) is 0 Å². The van der Waals surface area contributed by atoms with Crippen LogP contribution in [0.3, 0.4) is 0 Å². The van der Waals surface area contributed by atoms with Gasteiger partial charge in [0.25, 0.3) is 0 Å². The van der Waals surface area contributed by atoms with Crippen molar-refractivity contribution in [2.24, 2.45) is 29.6 Å².